The fraction of sp³-hybridized carbons (Fsp3) is 0.647. The van der Waals surface area contributed by atoms with Gasteiger partial charge in [0.1, 0.15) is 0 Å². The van der Waals surface area contributed by atoms with Crippen molar-refractivity contribution < 1.29 is 8.42 Å². The van der Waals surface area contributed by atoms with E-state index in [2.05, 4.69) is 6.92 Å². The molecule has 0 aliphatic heterocycles. The van der Waals surface area contributed by atoms with Crippen molar-refractivity contribution in [3.63, 3.8) is 0 Å². The molecule has 0 amide bonds. The van der Waals surface area contributed by atoms with Crippen molar-refractivity contribution in [2.24, 2.45) is 5.92 Å². The molecule has 0 aromatic heterocycles. The van der Waals surface area contributed by atoms with Crippen LogP contribution in [0.5, 0.6) is 0 Å². The topological polar surface area (TPSA) is 34.1 Å². The van der Waals surface area contributed by atoms with Gasteiger partial charge in [0.05, 0.1) is 10.1 Å². The van der Waals surface area contributed by atoms with E-state index in [9.17, 15) is 8.42 Å². The van der Waals surface area contributed by atoms with Gasteiger partial charge in [-0.25, -0.2) is 8.42 Å². The van der Waals surface area contributed by atoms with E-state index in [1.54, 1.807) is 24.3 Å². The van der Waals surface area contributed by atoms with Gasteiger partial charge >= 0.3 is 0 Å². The van der Waals surface area contributed by atoms with Crippen LogP contribution in [0, 0.1) is 5.92 Å². The zero-order valence-corrected chi connectivity index (χ0v) is 13.2. The average molecular weight is 294 g/mol. The fourth-order valence-corrected chi connectivity index (χ4v) is 4.90. The van der Waals surface area contributed by atoms with Crippen molar-refractivity contribution in [1.82, 2.24) is 0 Å². The van der Waals surface area contributed by atoms with E-state index in [0.29, 0.717) is 10.8 Å². The van der Waals surface area contributed by atoms with Gasteiger partial charge in [0, 0.05) is 0 Å². The number of hydrogen-bond donors (Lipinski definition) is 0. The summed E-state index contributed by atoms with van der Waals surface area (Å²) in [6.07, 6.45) is 9.64. The van der Waals surface area contributed by atoms with Crippen LogP contribution in [0.3, 0.4) is 0 Å². The van der Waals surface area contributed by atoms with Crippen LogP contribution < -0.4 is 0 Å². The number of unbranched alkanes of at least 4 members (excludes halogenated alkanes) is 5. The van der Waals surface area contributed by atoms with Crippen LogP contribution in [-0.4, -0.2) is 13.7 Å². The Labute approximate surface area is 123 Å². The van der Waals surface area contributed by atoms with Gasteiger partial charge in [-0.15, -0.1) is 0 Å². The lowest BCUT2D eigenvalue weighted by atomic mass is 10.1. The summed E-state index contributed by atoms with van der Waals surface area (Å²) in [6.45, 7) is 2.23. The zero-order chi connectivity index (χ0) is 14.4. The summed E-state index contributed by atoms with van der Waals surface area (Å²) in [5, 5.41) is -0.111. The molecule has 2 unspecified atom stereocenters. The Kier molecular flexibility index (Phi) is 5.64. The Morgan fingerprint density at radius 2 is 1.65 bits per heavy atom. The van der Waals surface area contributed by atoms with Crippen LogP contribution >= 0.6 is 0 Å². The number of sulfone groups is 1. The van der Waals surface area contributed by atoms with Gasteiger partial charge in [0.15, 0.2) is 9.84 Å². The highest BCUT2D eigenvalue weighted by molar-refractivity contribution is 7.92. The maximum Gasteiger partial charge on any atom is 0.181 e. The second kappa shape index (κ2) is 7.26. The van der Waals surface area contributed by atoms with Crippen molar-refractivity contribution in [2.75, 3.05) is 0 Å². The van der Waals surface area contributed by atoms with Crippen LogP contribution in [0.25, 0.3) is 0 Å². The van der Waals surface area contributed by atoms with Crippen molar-refractivity contribution >= 4 is 9.84 Å². The van der Waals surface area contributed by atoms with E-state index < -0.39 is 9.84 Å². The highest BCUT2D eigenvalue weighted by Crippen LogP contribution is 2.43. The highest BCUT2D eigenvalue weighted by atomic mass is 32.2. The molecule has 20 heavy (non-hydrogen) atoms. The van der Waals surface area contributed by atoms with E-state index in [-0.39, 0.29) is 5.25 Å². The molecule has 2 rings (SSSR count). The van der Waals surface area contributed by atoms with Crippen LogP contribution in [0.2, 0.25) is 0 Å². The van der Waals surface area contributed by atoms with Crippen molar-refractivity contribution in [2.45, 2.75) is 68.4 Å². The molecule has 1 saturated carbocycles. The van der Waals surface area contributed by atoms with Crippen LogP contribution in [0.1, 0.15) is 58.3 Å². The molecular formula is C17H26O2S. The summed E-state index contributed by atoms with van der Waals surface area (Å²) in [5.74, 6) is 0.409. The molecule has 3 heteroatoms. The molecule has 0 radical (unpaired) electrons. The quantitative estimate of drug-likeness (QED) is 0.624. The largest absolute Gasteiger partial charge is 0.223 e. The lowest BCUT2D eigenvalue weighted by molar-refractivity contribution is 0.561. The first-order chi connectivity index (χ1) is 9.66. The molecule has 1 aromatic carbocycles. The Morgan fingerprint density at radius 3 is 2.35 bits per heavy atom. The number of rotatable bonds is 9. The Bertz CT molecular complexity index is 493. The molecule has 1 aromatic rings. The van der Waals surface area contributed by atoms with Crippen LogP contribution in [0.4, 0.5) is 0 Å². The SMILES string of the molecule is CCCCCCCCC1CC1S(=O)(=O)c1ccccc1. The molecule has 0 bridgehead atoms. The lowest BCUT2D eigenvalue weighted by Gasteiger charge is -2.04. The molecule has 0 spiro atoms. The van der Waals surface area contributed by atoms with Gasteiger partial charge in [-0.3, -0.25) is 0 Å². The molecule has 0 N–H and O–H groups in total. The minimum atomic E-state index is -3.07. The van der Waals surface area contributed by atoms with Crippen molar-refractivity contribution in [3.05, 3.63) is 30.3 Å². The summed E-state index contributed by atoms with van der Waals surface area (Å²) in [7, 11) is -3.07. The van der Waals surface area contributed by atoms with Crippen molar-refractivity contribution in [1.29, 1.82) is 0 Å². The molecule has 2 atom stereocenters. The fourth-order valence-electron chi connectivity index (χ4n) is 2.88. The summed E-state index contributed by atoms with van der Waals surface area (Å²) < 4.78 is 24.8. The third-order valence-corrected chi connectivity index (χ3v) is 6.56. The van der Waals surface area contributed by atoms with E-state index in [0.717, 1.165) is 12.8 Å². The number of hydrogen-bond acceptors (Lipinski definition) is 2. The molecule has 0 heterocycles. The summed E-state index contributed by atoms with van der Waals surface area (Å²) in [6, 6.07) is 8.90. The third-order valence-electron chi connectivity index (χ3n) is 4.26. The molecule has 1 fully saturated rings. The van der Waals surface area contributed by atoms with Gasteiger partial charge < -0.3 is 0 Å². The van der Waals surface area contributed by atoms with Crippen LogP contribution in [0.15, 0.2) is 35.2 Å². The maximum absolute atomic E-state index is 12.4. The molecular weight excluding hydrogens is 268 g/mol. The molecule has 112 valence electrons. The maximum atomic E-state index is 12.4. The van der Waals surface area contributed by atoms with Gasteiger partial charge in [0.25, 0.3) is 0 Å². The van der Waals surface area contributed by atoms with Crippen LogP contribution in [-0.2, 0) is 9.84 Å². The van der Waals surface area contributed by atoms with E-state index in [1.807, 2.05) is 6.07 Å². The first kappa shape index (κ1) is 15.6. The van der Waals surface area contributed by atoms with Crippen molar-refractivity contribution in [3.8, 4) is 0 Å². The van der Waals surface area contributed by atoms with E-state index in [1.165, 1.54) is 38.5 Å². The minimum Gasteiger partial charge on any atom is -0.223 e. The average Bonchev–Trinajstić information content (AvgIpc) is 3.24. The van der Waals surface area contributed by atoms with Gasteiger partial charge in [-0.05, 0) is 30.9 Å². The van der Waals surface area contributed by atoms with E-state index >= 15 is 0 Å². The van der Waals surface area contributed by atoms with Gasteiger partial charge in [-0.1, -0.05) is 63.6 Å². The zero-order valence-electron chi connectivity index (χ0n) is 12.4. The second-order valence-electron chi connectivity index (χ2n) is 5.95. The second-order valence-corrected chi connectivity index (χ2v) is 8.12. The van der Waals surface area contributed by atoms with E-state index in [4.69, 9.17) is 0 Å². The standard InChI is InChI=1S/C17H26O2S/c1-2-3-4-5-6-8-11-15-14-17(15)20(18,19)16-12-9-7-10-13-16/h7,9-10,12-13,15,17H,2-6,8,11,14H2,1H3. The number of benzene rings is 1. The summed E-state index contributed by atoms with van der Waals surface area (Å²) in [5.41, 5.74) is 0. The monoisotopic (exact) mass is 294 g/mol. The molecule has 2 nitrogen and oxygen atoms in total. The Balaban J connectivity index is 1.72. The Hall–Kier alpha value is -0.830. The van der Waals surface area contributed by atoms with Gasteiger partial charge in [-0.2, -0.15) is 0 Å². The normalized spacial score (nSPS) is 21.9. The molecule has 1 aliphatic carbocycles. The minimum absolute atomic E-state index is 0.111. The molecule has 1 aliphatic rings. The Morgan fingerprint density at radius 1 is 1.00 bits per heavy atom. The lowest BCUT2D eigenvalue weighted by Crippen LogP contribution is -2.09. The first-order valence-corrected chi connectivity index (χ1v) is 9.50. The summed E-state index contributed by atoms with van der Waals surface area (Å²) >= 11 is 0. The predicted molar refractivity (Wildman–Crippen MR) is 83.5 cm³/mol. The smallest absolute Gasteiger partial charge is 0.181 e. The predicted octanol–water partition coefficient (Wildman–Crippen LogP) is 4.60. The highest BCUT2D eigenvalue weighted by Gasteiger charge is 2.46. The first-order valence-electron chi connectivity index (χ1n) is 7.95. The molecule has 0 saturated heterocycles. The van der Waals surface area contributed by atoms with Gasteiger partial charge in [0.2, 0.25) is 0 Å². The third kappa shape index (κ3) is 4.08. The summed E-state index contributed by atoms with van der Waals surface area (Å²) in [4.78, 5) is 0.496.